The first kappa shape index (κ1) is 11.9. The molecule has 0 radical (unpaired) electrons. The average molecular weight is 254 g/mol. The van der Waals surface area contributed by atoms with Crippen LogP contribution in [0.4, 0.5) is 0 Å². The summed E-state index contributed by atoms with van der Waals surface area (Å²) in [5, 5.41) is 4.51. The summed E-state index contributed by atoms with van der Waals surface area (Å²) in [7, 11) is 0. The van der Waals surface area contributed by atoms with Crippen LogP contribution in [0.15, 0.2) is 12.1 Å². The molecule has 6 heteroatoms. The van der Waals surface area contributed by atoms with Gasteiger partial charge in [0.15, 0.2) is 5.65 Å². The molecule has 0 amide bonds. The van der Waals surface area contributed by atoms with Gasteiger partial charge in [-0.1, -0.05) is 11.6 Å². The smallest absolute Gasteiger partial charge is 0.311 e. The molecule has 2 aromatic rings. The zero-order valence-corrected chi connectivity index (χ0v) is 10.4. The lowest BCUT2D eigenvalue weighted by molar-refractivity contribution is -0.142. The number of carbonyl (C=O) groups excluding carboxylic acids is 1. The third kappa shape index (κ3) is 2.39. The second-order valence-electron chi connectivity index (χ2n) is 3.55. The fourth-order valence-corrected chi connectivity index (χ4v) is 1.72. The van der Waals surface area contributed by atoms with Crippen LogP contribution in [0.25, 0.3) is 5.65 Å². The summed E-state index contributed by atoms with van der Waals surface area (Å²) >= 11 is 5.80. The summed E-state index contributed by atoms with van der Waals surface area (Å²) in [5.74, 6) is -0.287. The van der Waals surface area contributed by atoms with Crippen LogP contribution in [0.3, 0.4) is 0 Å². The number of imidazole rings is 1. The number of nitrogens with zero attached hydrogens (tertiary/aromatic N) is 3. The minimum Gasteiger partial charge on any atom is -0.466 e. The quantitative estimate of drug-likeness (QED) is 0.783. The first-order valence-corrected chi connectivity index (χ1v) is 5.66. The molecule has 0 aromatic carbocycles. The molecule has 0 atom stereocenters. The Kier molecular flexibility index (Phi) is 3.28. The van der Waals surface area contributed by atoms with E-state index in [4.69, 9.17) is 16.3 Å². The summed E-state index contributed by atoms with van der Waals surface area (Å²) in [5.41, 5.74) is 2.14. The molecule has 2 rings (SSSR count). The molecule has 0 saturated heterocycles. The highest BCUT2D eigenvalue weighted by Gasteiger charge is 2.13. The molecule has 0 unspecified atom stereocenters. The van der Waals surface area contributed by atoms with E-state index < -0.39 is 0 Å². The van der Waals surface area contributed by atoms with Crippen molar-refractivity contribution in [1.82, 2.24) is 14.6 Å². The molecule has 0 spiro atoms. The molecule has 0 saturated carbocycles. The van der Waals surface area contributed by atoms with Crippen LogP contribution in [0, 0.1) is 6.92 Å². The predicted molar refractivity (Wildman–Crippen MR) is 63.1 cm³/mol. The van der Waals surface area contributed by atoms with E-state index in [2.05, 4.69) is 10.1 Å². The summed E-state index contributed by atoms with van der Waals surface area (Å²) in [6.45, 7) is 3.99. The van der Waals surface area contributed by atoms with Crippen molar-refractivity contribution in [2.24, 2.45) is 0 Å². The van der Waals surface area contributed by atoms with Crippen molar-refractivity contribution in [3.63, 3.8) is 0 Å². The number of esters is 1. The second-order valence-corrected chi connectivity index (χ2v) is 3.94. The largest absolute Gasteiger partial charge is 0.466 e. The Morgan fingerprint density at radius 1 is 1.53 bits per heavy atom. The lowest BCUT2D eigenvalue weighted by atomic mass is 10.2. The van der Waals surface area contributed by atoms with Crippen LogP contribution < -0.4 is 0 Å². The van der Waals surface area contributed by atoms with Gasteiger partial charge in [0, 0.05) is 0 Å². The maximum absolute atomic E-state index is 11.4. The molecule has 17 heavy (non-hydrogen) atoms. The summed E-state index contributed by atoms with van der Waals surface area (Å²) in [4.78, 5) is 15.7. The lowest BCUT2D eigenvalue weighted by Gasteiger charge is -1.99. The number of halogens is 1. The molecule has 0 N–H and O–H groups in total. The molecule has 0 bridgehead atoms. The third-order valence-electron chi connectivity index (χ3n) is 2.38. The lowest BCUT2D eigenvalue weighted by Crippen LogP contribution is -2.08. The van der Waals surface area contributed by atoms with E-state index in [1.165, 1.54) is 0 Å². The van der Waals surface area contributed by atoms with E-state index in [0.29, 0.717) is 23.1 Å². The van der Waals surface area contributed by atoms with Crippen molar-refractivity contribution in [2.75, 3.05) is 6.61 Å². The molecule has 0 aliphatic rings. The number of fused-ring (bicyclic) bond motifs is 1. The predicted octanol–water partition coefficient (Wildman–Crippen LogP) is 1.80. The number of aromatic nitrogens is 3. The van der Waals surface area contributed by atoms with Crippen molar-refractivity contribution in [1.29, 1.82) is 0 Å². The number of rotatable bonds is 3. The van der Waals surface area contributed by atoms with Gasteiger partial charge in [0.1, 0.15) is 5.15 Å². The van der Waals surface area contributed by atoms with Crippen LogP contribution in [-0.4, -0.2) is 27.2 Å². The van der Waals surface area contributed by atoms with Gasteiger partial charge in [0.2, 0.25) is 0 Å². The van der Waals surface area contributed by atoms with Crippen molar-refractivity contribution < 1.29 is 9.53 Å². The SMILES string of the molecule is CCOC(=O)Cc1nc2ccc(Cl)nn2c1C. The summed E-state index contributed by atoms with van der Waals surface area (Å²) < 4.78 is 6.51. The monoisotopic (exact) mass is 253 g/mol. The Morgan fingerprint density at radius 2 is 2.29 bits per heavy atom. The average Bonchev–Trinajstić information content (AvgIpc) is 2.57. The van der Waals surface area contributed by atoms with Crippen LogP contribution in [0.2, 0.25) is 5.15 Å². The van der Waals surface area contributed by atoms with Gasteiger partial charge in [0.25, 0.3) is 0 Å². The zero-order chi connectivity index (χ0) is 12.4. The summed E-state index contributed by atoms with van der Waals surface area (Å²) in [6, 6.07) is 3.43. The fraction of sp³-hybridized carbons (Fsp3) is 0.364. The molecular formula is C11H12ClN3O2. The first-order chi connectivity index (χ1) is 8.11. The van der Waals surface area contributed by atoms with Gasteiger partial charge in [-0.2, -0.15) is 5.10 Å². The van der Waals surface area contributed by atoms with Crippen LogP contribution in [0.5, 0.6) is 0 Å². The number of hydrogen-bond donors (Lipinski definition) is 0. The molecule has 2 heterocycles. The van der Waals surface area contributed by atoms with Crippen molar-refractivity contribution in [3.05, 3.63) is 28.7 Å². The zero-order valence-electron chi connectivity index (χ0n) is 9.61. The highest BCUT2D eigenvalue weighted by molar-refractivity contribution is 6.29. The van der Waals surface area contributed by atoms with E-state index in [0.717, 1.165) is 5.69 Å². The van der Waals surface area contributed by atoms with Crippen molar-refractivity contribution in [3.8, 4) is 0 Å². The molecule has 0 aliphatic carbocycles. The maximum Gasteiger partial charge on any atom is 0.311 e. The number of carbonyl (C=O) groups is 1. The Balaban J connectivity index is 2.35. The fourth-order valence-electron chi connectivity index (χ4n) is 1.58. The van der Waals surface area contributed by atoms with Gasteiger partial charge in [-0.05, 0) is 26.0 Å². The molecular weight excluding hydrogens is 242 g/mol. The number of hydrogen-bond acceptors (Lipinski definition) is 4. The molecule has 90 valence electrons. The van der Waals surface area contributed by atoms with Crippen LogP contribution >= 0.6 is 11.6 Å². The van der Waals surface area contributed by atoms with Crippen LogP contribution in [-0.2, 0) is 16.0 Å². The van der Waals surface area contributed by atoms with E-state index in [9.17, 15) is 4.79 Å². The Labute approximate surface area is 103 Å². The normalized spacial score (nSPS) is 10.8. The minimum absolute atomic E-state index is 0.153. The Bertz CT molecular complexity index is 565. The van der Waals surface area contributed by atoms with Gasteiger partial charge in [-0.15, -0.1) is 0 Å². The Hall–Kier alpha value is -1.62. The van der Waals surface area contributed by atoms with Gasteiger partial charge >= 0.3 is 5.97 Å². The van der Waals surface area contributed by atoms with E-state index in [1.54, 1.807) is 23.6 Å². The van der Waals surface area contributed by atoms with Gasteiger partial charge in [0.05, 0.1) is 24.4 Å². The van der Waals surface area contributed by atoms with Crippen molar-refractivity contribution in [2.45, 2.75) is 20.3 Å². The molecule has 5 nitrogen and oxygen atoms in total. The highest BCUT2D eigenvalue weighted by atomic mass is 35.5. The topological polar surface area (TPSA) is 56.5 Å². The highest BCUT2D eigenvalue weighted by Crippen LogP contribution is 2.13. The third-order valence-corrected chi connectivity index (χ3v) is 2.59. The van der Waals surface area contributed by atoms with E-state index >= 15 is 0 Å². The van der Waals surface area contributed by atoms with Crippen molar-refractivity contribution >= 4 is 23.2 Å². The number of aryl methyl sites for hydroxylation is 1. The second kappa shape index (κ2) is 4.71. The summed E-state index contributed by atoms with van der Waals surface area (Å²) in [6.07, 6.45) is 0.153. The first-order valence-electron chi connectivity index (χ1n) is 5.28. The molecule has 0 aliphatic heterocycles. The maximum atomic E-state index is 11.4. The number of ether oxygens (including phenoxy) is 1. The van der Waals surface area contributed by atoms with E-state index in [-0.39, 0.29) is 12.4 Å². The Morgan fingerprint density at radius 3 is 3.00 bits per heavy atom. The standard InChI is InChI=1S/C11H12ClN3O2/c1-3-17-11(16)6-8-7(2)15-10(13-8)5-4-9(12)14-15/h4-5H,3,6H2,1-2H3. The molecule has 0 fully saturated rings. The minimum atomic E-state index is -0.287. The van der Waals surface area contributed by atoms with Gasteiger partial charge in [-0.3, -0.25) is 4.79 Å². The van der Waals surface area contributed by atoms with E-state index in [1.807, 2.05) is 6.92 Å². The van der Waals surface area contributed by atoms with Gasteiger partial charge in [-0.25, -0.2) is 9.50 Å². The molecule has 2 aromatic heterocycles. The van der Waals surface area contributed by atoms with Crippen LogP contribution in [0.1, 0.15) is 18.3 Å². The van der Waals surface area contributed by atoms with Gasteiger partial charge < -0.3 is 4.74 Å².